The number of ketones is 1. The lowest BCUT2D eigenvalue weighted by molar-refractivity contribution is -0.173. The fraction of sp³-hybridized carbons (Fsp3) is 0.462. The molecule has 0 unspecified atom stereocenters. The summed E-state index contributed by atoms with van der Waals surface area (Å²) in [5, 5.41) is 0. The van der Waals surface area contributed by atoms with Crippen LogP contribution in [-0.4, -0.2) is 39.4 Å². The van der Waals surface area contributed by atoms with Crippen molar-refractivity contribution in [3.63, 3.8) is 0 Å². The summed E-state index contributed by atoms with van der Waals surface area (Å²) in [5.74, 6) is 0.430. The molecule has 0 heterocycles. The van der Waals surface area contributed by atoms with E-state index >= 15 is 0 Å². The molecule has 0 saturated heterocycles. The first-order chi connectivity index (χ1) is 9.37. The Kier molecular flexibility index (Phi) is 5.82. The first-order valence-electron chi connectivity index (χ1n) is 5.77. The fourth-order valence-electron chi connectivity index (χ4n) is 1.52. The smallest absolute Gasteiger partial charge is 0.411 e. The van der Waals surface area contributed by atoms with Gasteiger partial charge in [-0.15, -0.1) is 0 Å². The topological polar surface area (TPSA) is 44.8 Å². The van der Waals surface area contributed by atoms with Crippen LogP contribution in [0.5, 0.6) is 11.5 Å². The minimum absolute atomic E-state index is 0.167. The van der Waals surface area contributed by atoms with Crippen LogP contribution in [0.1, 0.15) is 16.8 Å². The third-order valence-electron chi connectivity index (χ3n) is 2.45. The summed E-state index contributed by atoms with van der Waals surface area (Å²) < 4.78 is 50.0. The molecule has 0 radical (unpaired) electrons. The number of carbonyl (C=O) groups excluding carboxylic acids is 1. The number of ether oxygens (including phenoxy) is 3. The maximum absolute atomic E-state index is 11.9. The second-order valence-corrected chi connectivity index (χ2v) is 3.91. The van der Waals surface area contributed by atoms with Crippen LogP contribution in [0.15, 0.2) is 18.2 Å². The second-order valence-electron chi connectivity index (χ2n) is 3.91. The van der Waals surface area contributed by atoms with Crippen LogP contribution in [0, 0.1) is 0 Å². The van der Waals surface area contributed by atoms with Gasteiger partial charge in [-0.2, -0.15) is 13.2 Å². The van der Waals surface area contributed by atoms with Crippen molar-refractivity contribution in [2.24, 2.45) is 0 Å². The quantitative estimate of drug-likeness (QED) is 0.572. The number of Topliss-reactive ketones (excluding diaryl/α,β-unsaturated/α-hetero) is 1. The molecular formula is C13H15F3O4. The fourth-order valence-corrected chi connectivity index (χ4v) is 1.52. The number of alkyl halides is 3. The summed E-state index contributed by atoms with van der Waals surface area (Å²) in [4.78, 5) is 11.9. The van der Waals surface area contributed by atoms with E-state index in [4.69, 9.17) is 9.47 Å². The lowest BCUT2D eigenvalue weighted by Gasteiger charge is -2.10. The number of carbonyl (C=O) groups is 1. The molecule has 7 heteroatoms. The number of halogens is 3. The Labute approximate surface area is 114 Å². The van der Waals surface area contributed by atoms with Crippen LogP contribution >= 0.6 is 0 Å². The molecule has 112 valence electrons. The van der Waals surface area contributed by atoms with E-state index in [-0.39, 0.29) is 24.4 Å². The molecule has 0 N–H and O–H groups in total. The lowest BCUT2D eigenvalue weighted by atomic mass is 10.1. The van der Waals surface area contributed by atoms with E-state index in [9.17, 15) is 18.0 Å². The molecule has 0 atom stereocenters. The minimum Gasteiger partial charge on any atom is -0.497 e. The highest BCUT2D eigenvalue weighted by molar-refractivity contribution is 5.99. The Balaban J connectivity index is 2.62. The third-order valence-corrected chi connectivity index (χ3v) is 2.45. The molecule has 0 saturated carbocycles. The van der Waals surface area contributed by atoms with Gasteiger partial charge in [0.05, 0.1) is 26.4 Å². The Morgan fingerprint density at radius 2 is 1.90 bits per heavy atom. The molecule has 0 fully saturated rings. The number of rotatable bonds is 7. The van der Waals surface area contributed by atoms with E-state index in [1.807, 2.05) is 0 Å². The van der Waals surface area contributed by atoms with Gasteiger partial charge in [-0.05, 0) is 18.2 Å². The Morgan fingerprint density at radius 3 is 2.45 bits per heavy atom. The van der Waals surface area contributed by atoms with Crippen molar-refractivity contribution in [2.45, 2.75) is 12.6 Å². The van der Waals surface area contributed by atoms with Crippen molar-refractivity contribution in [2.75, 3.05) is 27.4 Å². The average molecular weight is 292 g/mol. The molecule has 0 aromatic heterocycles. The summed E-state index contributed by atoms with van der Waals surface area (Å²) in [6, 6.07) is 4.66. The monoisotopic (exact) mass is 292 g/mol. The molecule has 1 aromatic carbocycles. The van der Waals surface area contributed by atoms with E-state index in [0.29, 0.717) is 11.5 Å². The standard InChI is InChI=1S/C13H15F3O4/c1-18-9-3-4-12(19-2)10(7-9)11(17)5-6-20-8-13(14,15)16/h3-4,7H,5-6,8H2,1-2H3. The van der Waals surface area contributed by atoms with Crippen LogP contribution in [0.3, 0.4) is 0 Å². The zero-order chi connectivity index (χ0) is 15.2. The van der Waals surface area contributed by atoms with Gasteiger partial charge in [0.15, 0.2) is 5.78 Å². The molecular weight excluding hydrogens is 277 g/mol. The van der Waals surface area contributed by atoms with Crippen molar-refractivity contribution in [3.05, 3.63) is 23.8 Å². The highest BCUT2D eigenvalue weighted by atomic mass is 19.4. The maximum atomic E-state index is 11.9. The minimum atomic E-state index is -4.39. The molecule has 0 amide bonds. The van der Waals surface area contributed by atoms with Crippen molar-refractivity contribution in [3.8, 4) is 11.5 Å². The summed E-state index contributed by atoms with van der Waals surface area (Å²) in [6.07, 6.45) is -4.56. The molecule has 0 aliphatic rings. The second kappa shape index (κ2) is 7.14. The Morgan fingerprint density at radius 1 is 1.20 bits per heavy atom. The molecule has 1 rings (SSSR count). The lowest BCUT2D eigenvalue weighted by Crippen LogP contribution is -2.18. The molecule has 0 spiro atoms. The van der Waals surface area contributed by atoms with Crippen LogP contribution in [0.25, 0.3) is 0 Å². The van der Waals surface area contributed by atoms with Crippen molar-refractivity contribution in [1.29, 1.82) is 0 Å². The van der Waals surface area contributed by atoms with Crippen LogP contribution in [-0.2, 0) is 4.74 Å². The first-order valence-corrected chi connectivity index (χ1v) is 5.77. The SMILES string of the molecule is COc1ccc(OC)c(C(=O)CCOCC(F)(F)F)c1. The molecule has 1 aromatic rings. The molecule has 4 nitrogen and oxygen atoms in total. The predicted molar refractivity (Wildman–Crippen MR) is 65.4 cm³/mol. The number of methoxy groups -OCH3 is 2. The van der Waals surface area contributed by atoms with Crippen LogP contribution in [0.2, 0.25) is 0 Å². The highest BCUT2D eigenvalue weighted by Gasteiger charge is 2.27. The summed E-state index contributed by atoms with van der Waals surface area (Å²) in [6.45, 7) is -1.67. The van der Waals surface area contributed by atoms with E-state index in [1.54, 1.807) is 12.1 Å². The zero-order valence-corrected chi connectivity index (χ0v) is 11.1. The van der Waals surface area contributed by atoms with Crippen molar-refractivity contribution >= 4 is 5.78 Å². The summed E-state index contributed by atoms with van der Waals surface area (Å²) in [7, 11) is 2.85. The summed E-state index contributed by atoms with van der Waals surface area (Å²) >= 11 is 0. The normalized spacial score (nSPS) is 11.2. The van der Waals surface area contributed by atoms with Crippen LogP contribution < -0.4 is 9.47 Å². The average Bonchev–Trinajstić information content (AvgIpc) is 2.41. The van der Waals surface area contributed by atoms with Gasteiger partial charge in [0.2, 0.25) is 0 Å². The van der Waals surface area contributed by atoms with Crippen LogP contribution in [0.4, 0.5) is 13.2 Å². The van der Waals surface area contributed by atoms with E-state index in [1.165, 1.54) is 20.3 Å². The van der Waals surface area contributed by atoms with Gasteiger partial charge in [0, 0.05) is 6.42 Å². The molecule has 0 aliphatic heterocycles. The predicted octanol–water partition coefficient (Wildman–Crippen LogP) is 2.86. The molecule has 0 bridgehead atoms. The number of benzene rings is 1. The first kappa shape index (κ1) is 16.3. The maximum Gasteiger partial charge on any atom is 0.411 e. The van der Waals surface area contributed by atoms with Gasteiger partial charge >= 0.3 is 6.18 Å². The van der Waals surface area contributed by atoms with Crippen molar-refractivity contribution < 1.29 is 32.2 Å². The van der Waals surface area contributed by atoms with E-state index in [0.717, 1.165) is 0 Å². The highest BCUT2D eigenvalue weighted by Crippen LogP contribution is 2.25. The van der Waals surface area contributed by atoms with Gasteiger partial charge in [0.1, 0.15) is 18.1 Å². The Bertz CT molecular complexity index is 457. The Hall–Kier alpha value is -1.76. The molecule has 0 aliphatic carbocycles. The van der Waals surface area contributed by atoms with Gasteiger partial charge in [-0.25, -0.2) is 0 Å². The summed E-state index contributed by atoms with van der Waals surface area (Å²) in [5.41, 5.74) is 0.252. The van der Waals surface area contributed by atoms with Gasteiger partial charge in [-0.3, -0.25) is 4.79 Å². The van der Waals surface area contributed by atoms with E-state index in [2.05, 4.69) is 4.74 Å². The number of hydrogen-bond acceptors (Lipinski definition) is 4. The third kappa shape index (κ3) is 5.08. The number of hydrogen-bond donors (Lipinski definition) is 0. The largest absolute Gasteiger partial charge is 0.497 e. The van der Waals surface area contributed by atoms with E-state index < -0.39 is 12.8 Å². The zero-order valence-electron chi connectivity index (χ0n) is 11.1. The van der Waals surface area contributed by atoms with Gasteiger partial charge < -0.3 is 14.2 Å². The van der Waals surface area contributed by atoms with Gasteiger partial charge in [-0.1, -0.05) is 0 Å². The van der Waals surface area contributed by atoms with Crippen molar-refractivity contribution in [1.82, 2.24) is 0 Å². The van der Waals surface area contributed by atoms with Gasteiger partial charge in [0.25, 0.3) is 0 Å². The molecule has 20 heavy (non-hydrogen) atoms.